The lowest BCUT2D eigenvalue weighted by Gasteiger charge is -1.89. The van der Waals surface area contributed by atoms with Crippen molar-refractivity contribution in [3.8, 4) is 0 Å². The van der Waals surface area contributed by atoms with Crippen LogP contribution in [0.25, 0.3) is 0 Å². The molecule has 1 N–H and O–H groups in total. The maximum atomic E-state index is 10.1. The molecule has 0 unspecified atom stereocenters. The molecule has 0 atom stereocenters. The number of amides is 1. The summed E-state index contributed by atoms with van der Waals surface area (Å²) in [6.07, 6.45) is 1.32. The summed E-state index contributed by atoms with van der Waals surface area (Å²) < 4.78 is 22.2. The van der Waals surface area contributed by atoms with Crippen molar-refractivity contribution in [1.82, 2.24) is 4.72 Å². The SMILES string of the molecule is CS(=O)(=O)SNC=O. The normalized spacial score (nSPS) is 10.6. The van der Waals surface area contributed by atoms with Gasteiger partial charge in [0.25, 0.3) is 0 Å². The average molecular weight is 155 g/mol. The summed E-state index contributed by atoms with van der Waals surface area (Å²) in [5.74, 6) is 0. The molecule has 6 heteroatoms. The first-order valence-electron chi connectivity index (χ1n) is 1.64. The molecule has 0 aromatic carbocycles. The summed E-state index contributed by atoms with van der Waals surface area (Å²) >= 11 is 0. The van der Waals surface area contributed by atoms with Crippen molar-refractivity contribution in [2.45, 2.75) is 0 Å². The smallest absolute Gasteiger partial charge is 0.217 e. The zero-order valence-electron chi connectivity index (χ0n) is 4.12. The Kier molecular flexibility index (Phi) is 2.85. The van der Waals surface area contributed by atoms with Crippen molar-refractivity contribution in [3.05, 3.63) is 0 Å². The highest BCUT2D eigenvalue weighted by atomic mass is 33.1. The zero-order valence-corrected chi connectivity index (χ0v) is 5.75. The zero-order chi connectivity index (χ0) is 6.62. The van der Waals surface area contributed by atoms with E-state index in [2.05, 4.69) is 0 Å². The van der Waals surface area contributed by atoms with Gasteiger partial charge < -0.3 is 0 Å². The number of rotatable bonds is 3. The van der Waals surface area contributed by atoms with Crippen LogP contribution in [0, 0.1) is 0 Å². The molecule has 4 nitrogen and oxygen atoms in total. The van der Waals surface area contributed by atoms with Crippen LogP contribution in [0.3, 0.4) is 0 Å². The van der Waals surface area contributed by atoms with E-state index in [4.69, 9.17) is 0 Å². The van der Waals surface area contributed by atoms with Gasteiger partial charge in [-0.3, -0.25) is 9.52 Å². The summed E-state index contributed by atoms with van der Waals surface area (Å²) in [5.41, 5.74) is 0. The molecule has 0 saturated carbocycles. The highest BCUT2D eigenvalue weighted by Gasteiger charge is 1.98. The van der Waals surface area contributed by atoms with Gasteiger partial charge in [-0.15, -0.1) is 0 Å². The lowest BCUT2D eigenvalue weighted by Crippen LogP contribution is -2.03. The Morgan fingerprint density at radius 3 is 2.25 bits per heavy atom. The molecule has 0 saturated heterocycles. The van der Waals surface area contributed by atoms with E-state index >= 15 is 0 Å². The molecule has 0 spiro atoms. The van der Waals surface area contributed by atoms with E-state index in [0.717, 1.165) is 6.26 Å². The van der Waals surface area contributed by atoms with Crippen molar-refractivity contribution in [1.29, 1.82) is 0 Å². The highest BCUT2D eigenvalue weighted by Crippen LogP contribution is 2.00. The third kappa shape index (κ3) is 5.77. The van der Waals surface area contributed by atoms with Gasteiger partial charge in [0, 0.05) is 0 Å². The fourth-order valence-corrected chi connectivity index (χ4v) is 0.963. The topological polar surface area (TPSA) is 63.2 Å². The van der Waals surface area contributed by atoms with E-state index in [1.807, 2.05) is 4.72 Å². The molecule has 0 rings (SSSR count). The predicted molar refractivity (Wildman–Crippen MR) is 31.6 cm³/mol. The number of carbonyl (C=O) groups is 1. The van der Waals surface area contributed by atoms with Gasteiger partial charge in [-0.1, -0.05) is 0 Å². The van der Waals surface area contributed by atoms with E-state index < -0.39 is 8.87 Å². The largest absolute Gasteiger partial charge is 0.290 e. The molecular formula is C2H5NO3S2. The molecular weight excluding hydrogens is 150 g/mol. The van der Waals surface area contributed by atoms with Crippen LogP contribution in [-0.2, 0) is 13.7 Å². The van der Waals surface area contributed by atoms with Crippen LogP contribution in [0.4, 0.5) is 0 Å². The van der Waals surface area contributed by atoms with E-state index in [-0.39, 0.29) is 0 Å². The Labute approximate surface area is 51.1 Å². The first-order valence-corrected chi connectivity index (χ1v) is 4.86. The average Bonchev–Trinajstić information content (AvgIpc) is 1.59. The second-order valence-corrected chi connectivity index (χ2v) is 5.15. The summed E-state index contributed by atoms with van der Waals surface area (Å²) in [4.78, 5) is 9.46. The number of hydrogen-bond acceptors (Lipinski definition) is 4. The van der Waals surface area contributed by atoms with Crippen LogP contribution in [-0.4, -0.2) is 21.1 Å². The molecule has 0 aliphatic rings. The summed E-state index contributed by atoms with van der Waals surface area (Å²) in [7, 11) is -2.72. The van der Waals surface area contributed by atoms with E-state index in [9.17, 15) is 13.2 Å². The van der Waals surface area contributed by atoms with Crippen LogP contribution in [0.2, 0.25) is 0 Å². The summed E-state index contributed by atoms with van der Waals surface area (Å²) in [6.45, 7) is 0. The van der Waals surface area contributed by atoms with E-state index in [1.54, 1.807) is 0 Å². The molecule has 1 amide bonds. The Hall–Kier alpha value is -0.230. The van der Waals surface area contributed by atoms with Crippen LogP contribution >= 0.6 is 11.0 Å². The molecule has 0 fully saturated rings. The maximum Gasteiger partial charge on any atom is 0.217 e. The van der Waals surface area contributed by atoms with Gasteiger partial charge in [-0.25, -0.2) is 8.42 Å². The van der Waals surface area contributed by atoms with E-state index in [0.29, 0.717) is 17.4 Å². The minimum atomic E-state index is -3.11. The first kappa shape index (κ1) is 7.77. The van der Waals surface area contributed by atoms with Gasteiger partial charge in [-0.2, -0.15) is 0 Å². The van der Waals surface area contributed by atoms with Gasteiger partial charge in [0.2, 0.25) is 15.3 Å². The molecule has 0 aromatic heterocycles. The van der Waals surface area contributed by atoms with Crippen molar-refractivity contribution in [2.24, 2.45) is 0 Å². The molecule has 0 radical (unpaired) electrons. The second-order valence-electron chi connectivity index (χ2n) is 1.02. The molecule has 0 aliphatic heterocycles. The third-order valence-electron chi connectivity index (χ3n) is 0.248. The maximum absolute atomic E-state index is 10.1. The quantitative estimate of drug-likeness (QED) is 0.334. The van der Waals surface area contributed by atoms with Crippen molar-refractivity contribution in [2.75, 3.05) is 6.26 Å². The molecule has 0 heterocycles. The van der Waals surface area contributed by atoms with Crippen LogP contribution in [0.1, 0.15) is 0 Å². The third-order valence-corrected chi connectivity index (χ3v) is 1.94. The lowest BCUT2D eigenvalue weighted by molar-refractivity contribution is -0.107. The number of hydrogen-bond donors (Lipinski definition) is 1. The highest BCUT2D eigenvalue weighted by molar-refractivity contribution is 8.71. The van der Waals surface area contributed by atoms with Crippen molar-refractivity contribution in [3.63, 3.8) is 0 Å². The molecule has 0 aliphatic carbocycles. The lowest BCUT2D eigenvalue weighted by atomic mass is 11.5. The van der Waals surface area contributed by atoms with Crippen LogP contribution < -0.4 is 4.72 Å². The summed E-state index contributed by atoms with van der Waals surface area (Å²) in [6, 6.07) is 0. The Morgan fingerprint density at radius 2 is 2.12 bits per heavy atom. The molecule has 0 bridgehead atoms. The first-order chi connectivity index (χ1) is 3.56. The standard InChI is InChI=1S/C2H5NO3S2/c1-8(5,6)7-3-2-4/h2H,1H3,(H,3,4). The second kappa shape index (κ2) is 2.93. The van der Waals surface area contributed by atoms with E-state index in [1.165, 1.54) is 0 Å². The van der Waals surface area contributed by atoms with Gasteiger partial charge >= 0.3 is 0 Å². The number of nitrogens with one attached hydrogen (secondary N) is 1. The fraction of sp³-hybridized carbons (Fsp3) is 0.500. The predicted octanol–water partition coefficient (Wildman–Crippen LogP) is -0.660. The van der Waals surface area contributed by atoms with Crippen molar-refractivity contribution < 1.29 is 13.2 Å². The monoisotopic (exact) mass is 155 g/mol. The minimum Gasteiger partial charge on any atom is -0.290 e. The Balaban J connectivity index is 3.57. The van der Waals surface area contributed by atoms with Crippen molar-refractivity contribution >= 4 is 26.3 Å². The Bertz CT molecular complexity index is 160. The minimum absolute atomic E-state index is 0.311. The number of carbonyl (C=O) groups excluding carboxylic acids is 1. The van der Waals surface area contributed by atoms with Gasteiger partial charge in [0.15, 0.2) is 0 Å². The van der Waals surface area contributed by atoms with Gasteiger partial charge in [0.05, 0.1) is 17.2 Å². The van der Waals surface area contributed by atoms with Crippen LogP contribution in [0.5, 0.6) is 0 Å². The summed E-state index contributed by atoms with van der Waals surface area (Å²) in [5, 5.41) is 0. The van der Waals surface area contributed by atoms with Crippen LogP contribution in [0.15, 0.2) is 0 Å². The van der Waals surface area contributed by atoms with Gasteiger partial charge in [0.1, 0.15) is 0 Å². The molecule has 8 heavy (non-hydrogen) atoms. The molecule has 48 valence electrons. The molecule has 0 aromatic rings. The fourth-order valence-electron chi connectivity index (χ4n) is 0.107. The van der Waals surface area contributed by atoms with Gasteiger partial charge in [-0.05, 0) is 0 Å². The Morgan fingerprint density at radius 1 is 1.62 bits per heavy atom.